The van der Waals surface area contributed by atoms with Crippen molar-refractivity contribution in [3.8, 4) is 5.75 Å². The Morgan fingerprint density at radius 1 is 1.33 bits per heavy atom. The van der Waals surface area contributed by atoms with Crippen LogP contribution in [0.25, 0.3) is 0 Å². The van der Waals surface area contributed by atoms with E-state index in [1.165, 1.54) is 6.92 Å². The number of rotatable bonds is 7. The molecule has 1 aromatic rings. The second-order valence-corrected chi connectivity index (χ2v) is 6.11. The van der Waals surface area contributed by atoms with Crippen molar-refractivity contribution in [2.45, 2.75) is 45.9 Å². The van der Waals surface area contributed by atoms with Crippen LogP contribution in [-0.4, -0.2) is 35.8 Å². The molecule has 0 spiro atoms. The summed E-state index contributed by atoms with van der Waals surface area (Å²) in [4.78, 5) is 11.0. The molecule has 5 heteroatoms. The molecule has 0 saturated heterocycles. The number of nitrogens with one attached hydrogen (secondary N) is 2. The zero-order valence-electron chi connectivity index (χ0n) is 13.3. The molecule has 0 radical (unpaired) electrons. The maximum absolute atomic E-state index is 11.0. The number of aliphatic hydroxyl groups is 1. The van der Waals surface area contributed by atoms with E-state index >= 15 is 0 Å². The Bertz CT molecular complexity index is 455. The van der Waals surface area contributed by atoms with Crippen LogP contribution in [0.4, 0.5) is 0 Å². The van der Waals surface area contributed by atoms with Gasteiger partial charge < -0.3 is 20.5 Å². The van der Waals surface area contributed by atoms with E-state index in [-0.39, 0.29) is 18.1 Å². The predicted molar refractivity (Wildman–Crippen MR) is 83.2 cm³/mol. The van der Waals surface area contributed by atoms with E-state index in [0.29, 0.717) is 18.8 Å². The summed E-state index contributed by atoms with van der Waals surface area (Å²) in [6.45, 7) is 8.71. The van der Waals surface area contributed by atoms with Gasteiger partial charge in [0.05, 0.1) is 0 Å². The number of benzene rings is 1. The molecule has 0 aliphatic rings. The van der Waals surface area contributed by atoms with E-state index in [1.807, 2.05) is 45.0 Å². The normalized spacial score (nSPS) is 12.8. The standard InChI is InChI=1S/C16H26N2O3/c1-12(19)17-9-13-7-5-6-8-15(13)21-11-14(20)10-18-16(2,3)4/h5-8,14,18,20H,9-11H2,1-4H3,(H,17,19)/t14-/m1/s1. The van der Waals surface area contributed by atoms with Crippen molar-refractivity contribution < 1.29 is 14.6 Å². The summed E-state index contributed by atoms with van der Waals surface area (Å²) in [5.74, 6) is 0.597. The SMILES string of the molecule is CC(=O)NCc1ccccc1OC[C@H](O)CNC(C)(C)C. The summed E-state index contributed by atoms with van der Waals surface area (Å²) in [6.07, 6.45) is -0.585. The molecular formula is C16H26N2O3. The fourth-order valence-corrected chi connectivity index (χ4v) is 1.68. The maximum atomic E-state index is 11.0. The minimum absolute atomic E-state index is 0.0374. The highest BCUT2D eigenvalue weighted by molar-refractivity contribution is 5.72. The number of β-amino-alcohol motifs (C(OH)–C–C–N with tert-alkyl or cyclic N) is 1. The molecule has 1 aromatic carbocycles. The molecule has 0 bridgehead atoms. The van der Waals surface area contributed by atoms with Crippen molar-refractivity contribution >= 4 is 5.91 Å². The Hall–Kier alpha value is -1.59. The molecule has 0 aromatic heterocycles. The number of ether oxygens (including phenoxy) is 1. The Balaban J connectivity index is 2.49. The number of carbonyl (C=O) groups is 1. The first-order chi connectivity index (χ1) is 9.78. The number of hydrogen-bond donors (Lipinski definition) is 3. The number of aliphatic hydroxyl groups excluding tert-OH is 1. The third kappa shape index (κ3) is 7.68. The van der Waals surface area contributed by atoms with Crippen LogP contribution < -0.4 is 15.4 Å². The highest BCUT2D eigenvalue weighted by Gasteiger charge is 2.13. The van der Waals surface area contributed by atoms with Gasteiger partial charge in [-0.15, -0.1) is 0 Å². The van der Waals surface area contributed by atoms with Crippen LogP contribution in [0.15, 0.2) is 24.3 Å². The Morgan fingerprint density at radius 2 is 2.00 bits per heavy atom. The molecule has 0 unspecified atom stereocenters. The molecule has 1 amide bonds. The van der Waals surface area contributed by atoms with E-state index < -0.39 is 6.10 Å². The zero-order valence-corrected chi connectivity index (χ0v) is 13.3. The van der Waals surface area contributed by atoms with Gasteiger partial charge in [0.1, 0.15) is 18.5 Å². The summed E-state index contributed by atoms with van der Waals surface area (Å²) in [6, 6.07) is 7.49. The molecule has 0 aliphatic carbocycles. The third-order valence-corrected chi connectivity index (χ3v) is 2.80. The topological polar surface area (TPSA) is 70.6 Å². The first kappa shape index (κ1) is 17.5. The lowest BCUT2D eigenvalue weighted by Crippen LogP contribution is -2.42. The third-order valence-electron chi connectivity index (χ3n) is 2.80. The van der Waals surface area contributed by atoms with Crippen LogP contribution in [0.5, 0.6) is 5.75 Å². The molecule has 0 aliphatic heterocycles. The number of amides is 1. The van der Waals surface area contributed by atoms with E-state index in [9.17, 15) is 9.90 Å². The van der Waals surface area contributed by atoms with Gasteiger partial charge in [-0.1, -0.05) is 18.2 Å². The summed E-state index contributed by atoms with van der Waals surface area (Å²) >= 11 is 0. The van der Waals surface area contributed by atoms with Gasteiger partial charge in [-0.2, -0.15) is 0 Å². The summed E-state index contributed by atoms with van der Waals surface area (Å²) < 4.78 is 5.66. The van der Waals surface area contributed by atoms with Gasteiger partial charge in [-0.3, -0.25) is 4.79 Å². The van der Waals surface area contributed by atoms with Gasteiger partial charge in [0.15, 0.2) is 0 Å². The molecule has 0 heterocycles. The van der Waals surface area contributed by atoms with Crippen molar-refractivity contribution in [2.75, 3.05) is 13.2 Å². The molecule has 5 nitrogen and oxygen atoms in total. The average Bonchev–Trinajstić information content (AvgIpc) is 2.40. The Kier molecular flexibility index (Phi) is 6.65. The quantitative estimate of drug-likeness (QED) is 0.712. The summed E-state index contributed by atoms with van der Waals surface area (Å²) in [5.41, 5.74) is 0.855. The van der Waals surface area contributed by atoms with Gasteiger partial charge in [0, 0.05) is 31.1 Å². The maximum Gasteiger partial charge on any atom is 0.217 e. The lowest BCUT2D eigenvalue weighted by Gasteiger charge is -2.23. The van der Waals surface area contributed by atoms with Crippen LogP contribution in [0.1, 0.15) is 33.3 Å². The molecule has 21 heavy (non-hydrogen) atoms. The molecule has 1 rings (SSSR count). The highest BCUT2D eigenvalue weighted by Crippen LogP contribution is 2.17. The fourth-order valence-electron chi connectivity index (χ4n) is 1.68. The van der Waals surface area contributed by atoms with Crippen LogP contribution in [-0.2, 0) is 11.3 Å². The molecule has 0 fully saturated rings. The van der Waals surface area contributed by atoms with Crippen molar-refractivity contribution in [1.29, 1.82) is 0 Å². The second kappa shape index (κ2) is 8.00. The minimum Gasteiger partial charge on any atom is -0.490 e. The van der Waals surface area contributed by atoms with Gasteiger partial charge in [0.2, 0.25) is 5.91 Å². The highest BCUT2D eigenvalue weighted by atomic mass is 16.5. The van der Waals surface area contributed by atoms with Gasteiger partial charge in [-0.05, 0) is 26.8 Å². The smallest absolute Gasteiger partial charge is 0.217 e. The number of para-hydroxylation sites is 1. The monoisotopic (exact) mass is 294 g/mol. The Labute approximate surface area is 126 Å². The summed E-state index contributed by atoms with van der Waals surface area (Å²) in [7, 11) is 0. The van der Waals surface area contributed by atoms with Crippen LogP contribution in [0.2, 0.25) is 0 Å². The van der Waals surface area contributed by atoms with Crippen LogP contribution in [0.3, 0.4) is 0 Å². The zero-order chi connectivity index (χ0) is 15.9. The average molecular weight is 294 g/mol. The first-order valence-corrected chi connectivity index (χ1v) is 7.16. The van der Waals surface area contributed by atoms with Crippen molar-refractivity contribution in [1.82, 2.24) is 10.6 Å². The lowest BCUT2D eigenvalue weighted by atomic mass is 10.1. The summed E-state index contributed by atoms with van der Waals surface area (Å²) in [5, 5.41) is 15.9. The molecule has 0 saturated carbocycles. The molecule has 118 valence electrons. The fraction of sp³-hybridized carbons (Fsp3) is 0.562. The first-order valence-electron chi connectivity index (χ1n) is 7.16. The van der Waals surface area contributed by atoms with E-state index in [4.69, 9.17) is 4.74 Å². The number of carbonyl (C=O) groups excluding carboxylic acids is 1. The van der Waals surface area contributed by atoms with Crippen molar-refractivity contribution in [2.24, 2.45) is 0 Å². The molecule has 1 atom stereocenters. The van der Waals surface area contributed by atoms with Crippen LogP contribution in [0, 0.1) is 0 Å². The second-order valence-electron chi connectivity index (χ2n) is 6.11. The van der Waals surface area contributed by atoms with Gasteiger partial charge in [-0.25, -0.2) is 0 Å². The van der Waals surface area contributed by atoms with Gasteiger partial charge >= 0.3 is 0 Å². The predicted octanol–water partition coefficient (Wildman–Crippen LogP) is 1.45. The van der Waals surface area contributed by atoms with Gasteiger partial charge in [0.25, 0.3) is 0 Å². The number of hydrogen-bond acceptors (Lipinski definition) is 4. The van der Waals surface area contributed by atoms with Crippen molar-refractivity contribution in [3.05, 3.63) is 29.8 Å². The molecular weight excluding hydrogens is 268 g/mol. The van der Waals surface area contributed by atoms with Crippen LogP contribution >= 0.6 is 0 Å². The lowest BCUT2D eigenvalue weighted by molar-refractivity contribution is -0.119. The Morgan fingerprint density at radius 3 is 2.62 bits per heavy atom. The minimum atomic E-state index is -0.585. The van der Waals surface area contributed by atoms with E-state index in [0.717, 1.165) is 5.56 Å². The largest absolute Gasteiger partial charge is 0.490 e. The van der Waals surface area contributed by atoms with E-state index in [2.05, 4.69) is 10.6 Å². The van der Waals surface area contributed by atoms with E-state index in [1.54, 1.807) is 0 Å². The molecule has 3 N–H and O–H groups in total. The van der Waals surface area contributed by atoms with Crippen molar-refractivity contribution in [3.63, 3.8) is 0 Å².